The molecule has 0 saturated carbocycles. The number of anilines is 3. The fraction of sp³-hybridized carbons (Fsp3) is 0.0526. The van der Waals surface area contributed by atoms with Gasteiger partial charge in [0.25, 0.3) is 0 Å². The maximum absolute atomic E-state index is 5.36. The van der Waals surface area contributed by atoms with Gasteiger partial charge in [0.2, 0.25) is 0 Å². The van der Waals surface area contributed by atoms with E-state index in [1.54, 1.807) is 0 Å². The Morgan fingerprint density at radius 2 is 0.909 bits per heavy atom. The third kappa shape index (κ3) is 6.01. The fourth-order valence-corrected chi connectivity index (χ4v) is 1.81. The number of hydrogen-bond donors (Lipinski definition) is 3. The van der Waals surface area contributed by atoms with Crippen molar-refractivity contribution in [3.63, 3.8) is 0 Å². The van der Waals surface area contributed by atoms with Crippen molar-refractivity contribution in [3.8, 4) is 0 Å². The Morgan fingerprint density at radius 3 is 1.23 bits per heavy atom. The van der Waals surface area contributed by atoms with Crippen LogP contribution in [0.2, 0.25) is 0 Å². The Labute approximate surface area is 131 Å². The first-order valence-electron chi connectivity index (χ1n) is 7.23. The van der Waals surface area contributed by atoms with Crippen molar-refractivity contribution in [3.05, 3.63) is 91.0 Å². The molecule has 0 aliphatic carbocycles. The van der Waals surface area contributed by atoms with Gasteiger partial charge in [-0.25, -0.2) is 0 Å². The van der Waals surface area contributed by atoms with Crippen LogP contribution in [0.3, 0.4) is 0 Å². The average molecular weight is 291 g/mol. The number of nitrogens with two attached hydrogens (primary N) is 1. The molecule has 0 heterocycles. The number of para-hydroxylation sites is 3. The van der Waals surface area contributed by atoms with E-state index in [1.165, 1.54) is 0 Å². The summed E-state index contributed by atoms with van der Waals surface area (Å²) in [6, 6.07) is 29.8. The summed E-state index contributed by atoms with van der Waals surface area (Å²) in [5, 5.41) is 6.56. The summed E-state index contributed by atoms with van der Waals surface area (Å²) in [5.74, 6) is 0. The molecule has 0 atom stereocenters. The maximum Gasteiger partial charge on any atom is 0.0849 e. The van der Waals surface area contributed by atoms with E-state index in [2.05, 4.69) is 10.6 Å². The molecule has 0 radical (unpaired) electrons. The largest absolute Gasteiger partial charge is 0.399 e. The Kier molecular flexibility index (Phi) is 6.38. The summed E-state index contributed by atoms with van der Waals surface area (Å²) in [7, 11) is 0. The van der Waals surface area contributed by atoms with E-state index in [9.17, 15) is 0 Å². The van der Waals surface area contributed by atoms with Gasteiger partial charge < -0.3 is 16.4 Å². The number of benzene rings is 3. The fourth-order valence-electron chi connectivity index (χ4n) is 1.81. The van der Waals surface area contributed by atoms with Crippen molar-refractivity contribution in [2.75, 3.05) is 23.0 Å². The molecule has 3 rings (SSSR count). The summed E-state index contributed by atoms with van der Waals surface area (Å²) in [6.07, 6.45) is 0. The summed E-state index contributed by atoms with van der Waals surface area (Å²) in [6.45, 7) is 0.730. The average Bonchev–Trinajstić information content (AvgIpc) is 2.58. The molecule has 0 aliphatic heterocycles. The highest BCUT2D eigenvalue weighted by Crippen LogP contribution is 2.06. The van der Waals surface area contributed by atoms with Crippen molar-refractivity contribution in [2.45, 2.75) is 0 Å². The summed E-state index contributed by atoms with van der Waals surface area (Å²) >= 11 is 0. The van der Waals surface area contributed by atoms with Crippen LogP contribution >= 0.6 is 0 Å². The Bertz CT molecular complexity index is 585. The van der Waals surface area contributed by atoms with Gasteiger partial charge in [0, 0.05) is 17.1 Å². The van der Waals surface area contributed by atoms with Crippen LogP contribution in [0.1, 0.15) is 0 Å². The standard InChI is InChI=1S/C13H14N2.C6H7N/c1-3-7-12(8-4-1)14-11-15-13-9-5-2-6-10-13;7-6-4-2-1-3-5-6/h1-10,14-15H,11H2;1-5H,7H2. The Morgan fingerprint density at radius 1 is 0.545 bits per heavy atom. The van der Waals surface area contributed by atoms with E-state index in [-0.39, 0.29) is 0 Å². The molecule has 0 unspecified atom stereocenters. The second kappa shape index (κ2) is 9.08. The zero-order chi connectivity index (χ0) is 15.5. The molecular formula is C19H21N3. The predicted molar refractivity (Wildman–Crippen MR) is 95.9 cm³/mol. The minimum atomic E-state index is 0.730. The molecule has 0 amide bonds. The highest BCUT2D eigenvalue weighted by Gasteiger charge is 1.89. The molecule has 112 valence electrons. The van der Waals surface area contributed by atoms with Gasteiger partial charge >= 0.3 is 0 Å². The molecule has 3 aromatic carbocycles. The molecule has 0 aliphatic rings. The van der Waals surface area contributed by atoms with E-state index in [1.807, 2.05) is 91.0 Å². The van der Waals surface area contributed by atoms with Crippen molar-refractivity contribution >= 4 is 17.1 Å². The second-order valence-electron chi connectivity index (χ2n) is 4.67. The van der Waals surface area contributed by atoms with Gasteiger partial charge in [-0.1, -0.05) is 54.6 Å². The Balaban J connectivity index is 0.000000211. The van der Waals surface area contributed by atoms with Gasteiger partial charge in [-0.05, 0) is 36.4 Å². The number of nitrogens with one attached hydrogen (secondary N) is 2. The van der Waals surface area contributed by atoms with Crippen LogP contribution in [-0.4, -0.2) is 6.67 Å². The molecule has 3 nitrogen and oxygen atoms in total. The zero-order valence-corrected chi connectivity index (χ0v) is 12.4. The van der Waals surface area contributed by atoms with Gasteiger partial charge in [0.1, 0.15) is 0 Å². The number of rotatable bonds is 4. The predicted octanol–water partition coefficient (Wildman–Crippen LogP) is 4.44. The number of nitrogen functional groups attached to an aromatic ring is 1. The molecule has 3 heteroatoms. The van der Waals surface area contributed by atoms with Crippen molar-refractivity contribution in [1.82, 2.24) is 0 Å². The minimum absolute atomic E-state index is 0.730. The van der Waals surface area contributed by atoms with Crippen LogP contribution in [0.5, 0.6) is 0 Å². The van der Waals surface area contributed by atoms with Gasteiger partial charge in [-0.3, -0.25) is 0 Å². The monoisotopic (exact) mass is 291 g/mol. The third-order valence-electron chi connectivity index (χ3n) is 2.93. The summed E-state index contributed by atoms with van der Waals surface area (Å²) in [5.41, 5.74) is 8.43. The quantitative estimate of drug-likeness (QED) is 0.492. The lowest BCUT2D eigenvalue weighted by Crippen LogP contribution is -2.11. The molecule has 0 aromatic heterocycles. The molecule has 0 bridgehead atoms. The highest BCUT2D eigenvalue weighted by molar-refractivity contribution is 5.47. The van der Waals surface area contributed by atoms with E-state index in [4.69, 9.17) is 5.73 Å². The van der Waals surface area contributed by atoms with Gasteiger partial charge in [-0.15, -0.1) is 0 Å². The first-order chi connectivity index (χ1) is 10.8. The SMILES string of the molecule is Nc1ccccc1.c1ccc(NCNc2ccccc2)cc1. The van der Waals surface area contributed by atoms with Crippen LogP contribution in [0.15, 0.2) is 91.0 Å². The van der Waals surface area contributed by atoms with Crippen molar-refractivity contribution < 1.29 is 0 Å². The van der Waals surface area contributed by atoms with E-state index in [0.717, 1.165) is 23.7 Å². The van der Waals surface area contributed by atoms with Gasteiger partial charge in [-0.2, -0.15) is 0 Å². The van der Waals surface area contributed by atoms with Crippen LogP contribution in [0, 0.1) is 0 Å². The van der Waals surface area contributed by atoms with Crippen LogP contribution in [-0.2, 0) is 0 Å². The lowest BCUT2D eigenvalue weighted by Gasteiger charge is -2.08. The van der Waals surface area contributed by atoms with E-state index < -0.39 is 0 Å². The maximum atomic E-state index is 5.36. The molecule has 22 heavy (non-hydrogen) atoms. The van der Waals surface area contributed by atoms with Crippen LogP contribution in [0.25, 0.3) is 0 Å². The van der Waals surface area contributed by atoms with Crippen molar-refractivity contribution in [1.29, 1.82) is 0 Å². The molecule has 0 fully saturated rings. The molecule has 3 aromatic rings. The van der Waals surface area contributed by atoms with Gasteiger partial charge in [0.05, 0.1) is 6.67 Å². The lowest BCUT2D eigenvalue weighted by molar-refractivity contribution is 1.22. The van der Waals surface area contributed by atoms with Gasteiger partial charge in [0.15, 0.2) is 0 Å². The molecule has 0 saturated heterocycles. The molecule has 0 spiro atoms. The second-order valence-corrected chi connectivity index (χ2v) is 4.67. The first kappa shape index (κ1) is 15.4. The van der Waals surface area contributed by atoms with Crippen molar-refractivity contribution in [2.24, 2.45) is 0 Å². The smallest absolute Gasteiger partial charge is 0.0849 e. The molecular weight excluding hydrogens is 270 g/mol. The highest BCUT2D eigenvalue weighted by atomic mass is 15.1. The zero-order valence-electron chi connectivity index (χ0n) is 12.4. The van der Waals surface area contributed by atoms with Crippen LogP contribution in [0.4, 0.5) is 17.1 Å². The van der Waals surface area contributed by atoms with E-state index >= 15 is 0 Å². The lowest BCUT2D eigenvalue weighted by atomic mass is 10.3. The number of hydrogen-bond acceptors (Lipinski definition) is 3. The van der Waals surface area contributed by atoms with Crippen LogP contribution < -0.4 is 16.4 Å². The summed E-state index contributed by atoms with van der Waals surface area (Å²) < 4.78 is 0. The first-order valence-corrected chi connectivity index (χ1v) is 7.23. The topological polar surface area (TPSA) is 50.1 Å². The summed E-state index contributed by atoms with van der Waals surface area (Å²) in [4.78, 5) is 0. The minimum Gasteiger partial charge on any atom is -0.399 e. The Hall–Kier alpha value is -2.94. The molecule has 4 N–H and O–H groups in total. The normalized spacial score (nSPS) is 9.27. The third-order valence-corrected chi connectivity index (χ3v) is 2.93. The van der Waals surface area contributed by atoms with E-state index in [0.29, 0.717) is 0 Å².